The molecule has 1 aliphatic rings. The van der Waals surface area contributed by atoms with Crippen molar-refractivity contribution in [3.05, 3.63) is 63.7 Å². The number of nitrogens with one attached hydrogen (secondary N) is 1. The normalized spacial score (nSPS) is 19.7. The van der Waals surface area contributed by atoms with Gasteiger partial charge >= 0.3 is 0 Å². The van der Waals surface area contributed by atoms with Gasteiger partial charge in [0.25, 0.3) is 5.69 Å². The highest BCUT2D eigenvalue weighted by Crippen LogP contribution is 2.45. The zero-order chi connectivity index (χ0) is 21.2. The molecule has 2 atom stereocenters. The molecule has 8 nitrogen and oxygen atoms in total. The van der Waals surface area contributed by atoms with Gasteiger partial charge in [-0.3, -0.25) is 14.9 Å². The average molecular weight is 400 g/mol. The molecule has 2 N–H and O–H groups in total. The van der Waals surface area contributed by atoms with Gasteiger partial charge in [0.15, 0.2) is 0 Å². The summed E-state index contributed by atoms with van der Waals surface area (Å²) in [6.07, 6.45) is -1.12. The lowest BCUT2D eigenvalue weighted by atomic mass is 9.88. The first-order valence-electron chi connectivity index (χ1n) is 9.31. The van der Waals surface area contributed by atoms with E-state index in [4.69, 9.17) is 9.47 Å². The number of ether oxygens (including phenoxy) is 2. The third-order valence-corrected chi connectivity index (χ3v) is 4.85. The van der Waals surface area contributed by atoms with Crippen LogP contribution in [0.3, 0.4) is 0 Å². The van der Waals surface area contributed by atoms with Gasteiger partial charge in [0, 0.05) is 12.5 Å². The van der Waals surface area contributed by atoms with Gasteiger partial charge in [0.05, 0.1) is 17.6 Å². The number of nitro benzene ring substituents is 1. The molecule has 0 unspecified atom stereocenters. The Bertz CT molecular complexity index is 913. The first-order valence-corrected chi connectivity index (χ1v) is 9.31. The van der Waals surface area contributed by atoms with Gasteiger partial charge in [-0.05, 0) is 31.9 Å². The van der Waals surface area contributed by atoms with Gasteiger partial charge < -0.3 is 19.9 Å². The van der Waals surface area contributed by atoms with E-state index in [2.05, 4.69) is 5.32 Å². The van der Waals surface area contributed by atoms with Crippen molar-refractivity contribution in [3.8, 4) is 5.75 Å². The highest BCUT2D eigenvalue weighted by Gasteiger charge is 2.44. The van der Waals surface area contributed by atoms with Crippen molar-refractivity contribution in [2.75, 3.05) is 11.9 Å². The van der Waals surface area contributed by atoms with Crippen molar-refractivity contribution in [1.82, 2.24) is 0 Å². The second kappa shape index (κ2) is 8.18. The Morgan fingerprint density at radius 3 is 2.62 bits per heavy atom. The highest BCUT2D eigenvalue weighted by atomic mass is 16.6. The van der Waals surface area contributed by atoms with E-state index in [-0.39, 0.29) is 17.1 Å². The summed E-state index contributed by atoms with van der Waals surface area (Å²) >= 11 is 0. The van der Waals surface area contributed by atoms with Crippen LogP contribution in [0, 0.1) is 10.1 Å². The number of anilines is 1. The molecule has 0 bridgehead atoms. The lowest BCUT2D eigenvalue weighted by molar-refractivity contribution is -0.384. The number of rotatable bonds is 6. The smallest absolute Gasteiger partial charge is 0.296 e. The maximum Gasteiger partial charge on any atom is 0.296 e. The lowest BCUT2D eigenvalue weighted by Crippen LogP contribution is -2.49. The molecule has 0 spiro atoms. The van der Waals surface area contributed by atoms with Crippen LogP contribution in [-0.4, -0.2) is 34.2 Å². The van der Waals surface area contributed by atoms with Crippen molar-refractivity contribution < 1.29 is 24.3 Å². The maximum atomic E-state index is 11.5. The molecule has 1 amide bonds. The number of carbonyl (C=O) groups is 1. The Hall–Kier alpha value is -2.97. The predicted molar refractivity (Wildman–Crippen MR) is 107 cm³/mol. The van der Waals surface area contributed by atoms with Crippen LogP contribution in [-0.2, 0) is 16.0 Å². The molecule has 0 aliphatic carbocycles. The Labute approximate surface area is 168 Å². The molecule has 154 valence electrons. The number of benzene rings is 2. The van der Waals surface area contributed by atoms with Crippen molar-refractivity contribution in [3.63, 3.8) is 0 Å². The molecule has 3 rings (SSSR count). The number of hydrogen-bond acceptors (Lipinski definition) is 6. The molecule has 29 heavy (non-hydrogen) atoms. The molecule has 0 radical (unpaired) electrons. The number of nitro groups is 1. The summed E-state index contributed by atoms with van der Waals surface area (Å²) in [6, 6.07) is 12.5. The van der Waals surface area contributed by atoms with Crippen molar-refractivity contribution >= 4 is 17.3 Å². The van der Waals surface area contributed by atoms with Crippen LogP contribution >= 0.6 is 0 Å². The average Bonchev–Trinajstić information content (AvgIpc) is 2.65. The van der Waals surface area contributed by atoms with Gasteiger partial charge in [-0.2, -0.15) is 0 Å². The van der Waals surface area contributed by atoms with E-state index in [0.717, 1.165) is 5.56 Å². The maximum absolute atomic E-state index is 11.5. The van der Waals surface area contributed by atoms with Crippen LogP contribution in [0.5, 0.6) is 5.75 Å². The molecule has 2 aromatic carbocycles. The number of aliphatic hydroxyl groups is 1. The summed E-state index contributed by atoms with van der Waals surface area (Å²) in [5.41, 5.74) is 0.298. The summed E-state index contributed by atoms with van der Waals surface area (Å²) in [5, 5.41) is 24.7. The predicted octanol–water partition coefficient (Wildman–Crippen LogP) is 3.39. The van der Waals surface area contributed by atoms with Crippen LogP contribution < -0.4 is 10.1 Å². The molecule has 0 aromatic heterocycles. The Balaban J connectivity index is 1.93. The fraction of sp³-hybridized carbons (Fsp3) is 0.381. The van der Waals surface area contributed by atoms with Crippen molar-refractivity contribution in [1.29, 1.82) is 0 Å². The Morgan fingerprint density at radius 1 is 1.31 bits per heavy atom. The first kappa shape index (κ1) is 20.8. The molecule has 2 aromatic rings. The van der Waals surface area contributed by atoms with E-state index in [1.54, 1.807) is 13.8 Å². The highest BCUT2D eigenvalue weighted by molar-refractivity contribution is 5.91. The van der Waals surface area contributed by atoms with E-state index in [9.17, 15) is 20.0 Å². The largest absolute Gasteiger partial charge is 0.484 e. The van der Waals surface area contributed by atoms with Gasteiger partial charge in [-0.1, -0.05) is 30.3 Å². The third kappa shape index (κ3) is 4.55. The minimum atomic E-state index is -1.01. The SMILES string of the molecule is CC(=O)Nc1cc2c(cc1[N+](=O)[O-])OC(C)(C)[C@H](O)[C@H]2OCCc1ccccc1. The van der Waals surface area contributed by atoms with Gasteiger partial charge in [-0.25, -0.2) is 0 Å². The van der Waals surface area contributed by atoms with Crippen molar-refractivity contribution in [2.45, 2.75) is 45.0 Å². The fourth-order valence-electron chi connectivity index (χ4n) is 3.35. The number of hydrogen-bond donors (Lipinski definition) is 2. The molecule has 1 heterocycles. The number of carbonyl (C=O) groups excluding carboxylic acids is 1. The zero-order valence-corrected chi connectivity index (χ0v) is 16.5. The quantitative estimate of drug-likeness (QED) is 0.568. The lowest BCUT2D eigenvalue weighted by Gasteiger charge is -2.41. The summed E-state index contributed by atoms with van der Waals surface area (Å²) in [6.45, 7) is 5.00. The minimum Gasteiger partial charge on any atom is -0.484 e. The van der Waals surface area contributed by atoms with Gasteiger partial charge in [-0.15, -0.1) is 0 Å². The van der Waals surface area contributed by atoms with E-state index in [1.807, 2.05) is 30.3 Å². The van der Waals surface area contributed by atoms with Gasteiger partial charge in [0.2, 0.25) is 5.91 Å². The topological polar surface area (TPSA) is 111 Å². The third-order valence-electron chi connectivity index (χ3n) is 4.85. The fourth-order valence-corrected chi connectivity index (χ4v) is 3.35. The summed E-state index contributed by atoms with van der Waals surface area (Å²) in [5.74, 6) is -0.182. The number of nitrogens with zero attached hydrogens (tertiary/aromatic N) is 1. The number of fused-ring (bicyclic) bond motifs is 1. The summed E-state index contributed by atoms with van der Waals surface area (Å²) in [7, 11) is 0. The standard InChI is InChI=1S/C21H24N2O6/c1-13(24)22-16-11-15-18(12-17(16)23(26)27)29-21(2,3)20(25)19(15)28-10-9-14-7-5-4-6-8-14/h4-8,11-12,19-20,25H,9-10H2,1-3H3,(H,22,24)/t19-,20+/m0/s1. The molecule has 0 fully saturated rings. The molecule has 0 saturated heterocycles. The molecule has 8 heteroatoms. The van der Waals surface area contributed by atoms with E-state index >= 15 is 0 Å². The molecule has 1 aliphatic heterocycles. The van der Waals surface area contributed by atoms with Gasteiger partial charge in [0.1, 0.15) is 29.2 Å². The van der Waals surface area contributed by atoms with Crippen LogP contribution in [0.15, 0.2) is 42.5 Å². The zero-order valence-electron chi connectivity index (χ0n) is 16.5. The van der Waals surface area contributed by atoms with Crippen LogP contribution in [0.2, 0.25) is 0 Å². The number of amides is 1. The van der Waals surface area contributed by atoms with E-state index in [0.29, 0.717) is 18.6 Å². The summed E-state index contributed by atoms with van der Waals surface area (Å²) < 4.78 is 11.8. The second-order valence-corrected chi connectivity index (χ2v) is 7.52. The summed E-state index contributed by atoms with van der Waals surface area (Å²) in [4.78, 5) is 22.3. The molecular formula is C21H24N2O6. The molecule has 0 saturated carbocycles. The Morgan fingerprint density at radius 2 is 2.00 bits per heavy atom. The Kier molecular flexibility index (Phi) is 5.86. The second-order valence-electron chi connectivity index (χ2n) is 7.52. The number of aliphatic hydroxyl groups excluding tert-OH is 1. The van der Waals surface area contributed by atoms with Crippen molar-refractivity contribution in [2.24, 2.45) is 0 Å². The minimum absolute atomic E-state index is 0.0356. The van der Waals surface area contributed by atoms with E-state index in [1.165, 1.54) is 19.1 Å². The monoisotopic (exact) mass is 400 g/mol. The molecular weight excluding hydrogens is 376 g/mol. The first-order chi connectivity index (χ1) is 13.7. The van der Waals surface area contributed by atoms with E-state index < -0.39 is 28.6 Å². The van der Waals surface area contributed by atoms with Crippen LogP contribution in [0.25, 0.3) is 0 Å². The van der Waals surface area contributed by atoms with Crippen LogP contribution in [0.1, 0.15) is 38.0 Å². The van der Waals surface area contributed by atoms with Crippen LogP contribution in [0.4, 0.5) is 11.4 Å².